The van der Waals surface area contributed by atoms with E-state index in [9.17, 15) is 0 Å². The summed E-state index contributed by atoms with van der Waals surface area (Å²) in [6, 6.07) is 7.48. The first-order valence-corrected chi connectivity index (χ1v) is 11.1. The molecule has 0 N–H and O–H groups in total. The lowest BCUT2D eigenvalue weighted by Gasteiger charge is -2.39. The molecule has 2 heterocycles. The summed E-state index contributed by atoms with van der Waals surface area (Å²) >= 11 is 1.75. The second kappa shape index (κ2) is 9.29. The van der Waals surface area contributed by atoms with E-state index in [0.29, 0.717) is 0 Å². The van der Waals surface area contributed by atoms with Crippen LogP contribution < -0.4 is 4.74 Å². The lowest BCUT2D eigenvalue weighted by molar-refractivity contribution is 0.0912. The molecular formula is C21H34N2OS. The van der Waals surface area contributed by atoms with Crippen molar-refractivity contribution in [1.82, 2.24) is 9.80 Å². The number of methoxy groups -OCH3 is 1. The van der Waals surface area contributed by atoms with E-state index in [4.69, 9.17) is 4.74 Å². The van der Waals surface area contributed by atoms with Crippen molar-refractivity contribution in [3.05, 3.63) is 23.8 Å². The third-order valence-corrected chi connectivity index (χ3v) is 6.67. The van der Waals surface area contributed by atoms with E-state index in [0.717, 1.165) is 24.3 Å². The van der Waals surface area contributed by atoms with Gasteiger partial charge in [-0.1, -0.05) is 12.5 Å². The third-order valence-electron chi connectivity index (χ3n) is 5.89. The molecule has 0 aromatic heterocycles. The van der Waals surface area contributed by atoms with Crippen LogP contribution >= 0.6 is 11.8 Å². The van der Waals surface area contributed by atoms with Gasteiger partial charge in [0.05, 0.1) is 7.11 Å². The number of piperidine rings is 2. The summed E-state index contributed by atoms with van der Waals surface area (Å²) in [7, 11) is 1.77. The molecule has 25 heavy (non-hydrogen) atoms. The van der Waals surface area contributed by atoms with Gasteiger partial charge in [-0.05, 0) is 75.6 Å². The minimum Gasteiger partial charge on any atom is -0.496 e. The van der Waals surface area contributed by atoms with Crippen LogP contribution in [0.3, 0.4) is 0 Å². The zero-order valence-electron chi connectivity index (χ0n) is 16.2. The maximum absolute atomic E-state index is 5.55. The lowest BCUT2D eigenvalue weighted by Crippen LogP contribution is -2.45. The maximum Gasteiger partial charge on any atom is 0.132 e. The smallest absolute Gasteiger partial charge is 0.132 e. The third kappa shape index (κ3) is 5.15. The van der Waals surface area contributed by atoms with E-state index in [1.54, 1.807) is 18.9 Å². The molecule has 2 aliphatic rings. The second-order valence-corrected chi connectivity index (χ2v) is 8.62. The fourth-order valence-electron chi connectivity index (χ4n) is 4.44. The number of benzene rings is 1. The van der Waals surface area contributed by atoms with Gasteiger partial charge in [0.1, 0.15) is 5.75 Å². The van der Waals surface area contributed by atoms with Crippen molar-refractivity contribution in [2.45, 2.75) is 56.5 Å². The Bertz CT molecular complexity index is 551. The predicted octanol–water partition coefficient (Wildman–Crippen LogP) is 4.50. The van der Waals surface area contributed by atoms with Gasteiger partial charge in [-0.2, -0.15) is 0 Å². The number of nitrogens with zero attached hydrogens (tertiary/aromatic N) is 2. The van der Waals surface area contributed by atoms with Crippen LogP contribution in [0, 0.1) is 5.92 Å². The summed E-state index contributed by atoms with van der Waals surface area (Å²) in [5.41, 5.74) is 1.38. The van der Waals surface area contributed by atoms with Crippen LogP contribution in [0.4, 0.5) is 0 Å². The molecule has 0 amide bonds. The minimum atomic E-state index is 0.785. The molecule has 2 saturated heterocycles. The molecule has 2 atom stereocenters. The fraction of sp³-hybridized carbons (Fsp3) is 0.714. The Kier molecular flexibility index (Phi) is 7.08. The average Bonchev–Trinajstić information content (AvgIpc) is 2.64. The summed E-state index contributed by atoms with van der Waals surface area (Å²) in [6.07, 6.45) is 9.04. The molecule has 0 spiro atoms. The summed E-state index contributed by atoms with van der Waals surface area (Å²) in [6.45, 7) is 8.56. The molecule has 0 saturated carbocycles. The highest BCUT2D eigenvalue weighted by atomic mass is 32.2. The maximum atomic E-state index is 5.55. The standard InChI is InChI=1S/C21H34N2OS/c1-17-7-4-5-12-23(17)16-19-8-6-11-22(15-19)14-18-9-10-21(25-3)20(13-18)24-2/h9-10,13,17,19H,4-8,11-12,14-16H2,1-3H3. The zero-order valence-corrected chi connectivity index (χ0v) is 17.0. The van der Waals surface area contributed by atoms with Gasteiger partial charge in [-0.15, -0.1) is 11.8 Å². The van der Waals surface area contributed by atoms with Crippen molar-refractivity contribution in [3.8, 4) is 5.75 Å². The molecular weight excluding hydrogens is 328 g/mol. The number of hydrogen-bond donors (Lipinski definition) is 0. The highest BCUT2D eigenvalue weighted by Gasteiger charge is 2.25. The SMILES string of the molecule is COc1cc(CN2CCCC(CN3CCCCC3C)C2)ccc1SC. The number of likely N-dealkylation sites (tertiary alicyclic amines) is 2. The van der Waals surface area contributed by atoms with Gasteiger partial charge in [0, 0.05) is 30.6 Å². The molecule has 1 aromatic rings. The first-order valence-electron chi connectivity index (χ1n) is 9.87. The van der Waals surface area contributed by atoms with Gasteiger partial charge < -0.3 is 9.64 Å². The summed E-state index contributed by atoms with van der Waals surface area (Å²) in [5, 5.41) is 0. The molecule has 1 aromatic carbocycles. The lowest BCUT2D eigenvalue weighted by atomic mass is 9.94. The zero-order chi connectivity index (χ0) is 17.6. The Balaban J connectivity index is 1.56. The summed E-state index contributed by atoms with van der Waals surface area (Å²) < 4.78 is 5.55. The number of hydrogen-bond acceptors (Lipinski definition) is 4. The number of thioether (sulfide) groups is 1. The van der Waals surface area contributed by atoms with Crippen molar-refractivity contribution in [3.63, 3.8) is 0 Å². The Labute approximate surface area is 158 Å². The molecule has 2 aliphatic heterocycles. The quantitative estimate of drug-likeness (QED) is 0.692. The van der Waals surface area contributed by atoms with Crippen LogP contribution in [0.5, 0.6) is 5.75 Å². The molecule has 140 valence electrons. The van der Waals surface area contributed by atoms with Crippen LogP contribution in [0.25, 0.3) is 0 Å². The van der Waals surface area contributed by atoms with Gasteiger partial charge in [0.2, 0.25) is 0 Å². The topological polar surface area (TPSA) is 15.7 Å². The van der Waals surface area contributed by atoms with Crippen molar-refractivity contribution in [1.29, 1.82) is 0 Å². The van der Waals surface area contributed by atoms with Gasteiger partial charge in [-0.3, -0.25) is 4.90 Å². The van der Waals surface area contributed by atoms with Crippen molar-refractivity contribution in [2.75, 3.05) is 39.5 Å². The molecule has 0 radical (unpaired) electrons. The monoisotopic (exact) mass is 362 g/mol. The second-order valence-electron chi connectivity index (χ2n) is 7.77. The van der Waals surface area contributed by atoms with Crippen LogP contribution in [0.1, 0.15) is 44.6 Å². The van der Waals surface area contributed by atoms with Crippen LogP contribution in [0.2, 0.25) is 0 Å². The van der Waals surface area contributed by atoms with E-state index in [1.165, 1.54) is 68.7 Å². The fourth-order valence-corrected chi connectivity index (χ4v) is 4.99. The Hall–Kier alpha value is -0.710. The van der Waals surface area contributed by atoms with E-state index in [2.05, 4.69) is 41.2 Å². The van der Waals surface area contributed by atoms with Crippen molar-refractivity contribution in [2.24, 2.45) is 5.92 Å². The van der Waals surface area contributed by atoms with E-state index in [1.807, 2.05) is 0 Å². The van der Waals surface area contributed by atoms with Crippen LogP contribution in [-0.4, -0.2) is 55.4 Å². The van der Waals surface area contributed by atoms with E-state index < -0.39 is 0 Å². The largest absolute Gasteiger partial charge is 0.496 e. The first-order chi connectivity index (χ1) is 12.2. The summed E-state index contributed by atoms with van der Waals surface area (Å²) in [4.78, 5) is 6.62. The van der Waals surface area contributed by atoms with Crippen LogP contribution in [0.15, 0.2) is 23.1 Å². The first kappa shape index (κ1) is 19.1. The molecule has 3 nitrogen and oxygen atoms in total. The van der Waals surface area contributed by atoms with Gasteiger partial charge in [0.25, 0.3) is 0 Å². The molecule has 2 unspecified atom stereocenters. The average molecular weight is 363 g/mol. The molecule has 4 heteroatoms. The Morgan fingerprint density at radius 1 is 1.16 bits per heavy atom. The van der Waals surface area contributed by atoms with Crippen molar-refractivity contribution >= 4 is 11.8 Å². The predicted molar refractivity (Wildman–Crippen MR) is 108 cm³/mol. The van der Waals surface area contributed by atoms with Gasteiger partial charge in [-0.25, -0.2) is 0 Å². The number of ether oxygens (including phenoxy) is 1. The molecule has 3 rings (SSSR count). The van der Waals surface area contributed by atoms with E-state index >= 15 is 0 Å². The van der Waals surface area contributed by atoms with Crippen molar-refractivity contribution < 1.29 is 4.74 Å². The molecule has 0 bridgehead atoms. The Morgan fingerprint density at radius 2 is 2.04 bits per heavy atom. The minimum absolute atomic E-state index is 0.785. The van der Waals surface area contributed by atoms with E-state index in [-0.39, 0.29) is 0 Å². The normalized spacial score (nSPS) is 25.9. The molecule has 2 fully saturated rings. The highest BCUT2D eigenvalue weighted by Crippen LogP contribution is 2.29. The molecule has 0 aliphatic carbocycles. The number of rotatable bonds is 6. The Morgan fingerprint density at radius 3 is 2.80 bits per heavy atom. The van der Waals surface area contributed by atoms with Gasteiger partial charge in [0.15, 0.2) is 0 Å². The van der Waals surface area contributed by atoms with Crippen LogP contribution in [-0.2, 0) is 6.54 Å². The summed E-state index contributed by atoms with van der Waals surface area (Å²) in [5.74, 6) is 1.85. The van der Waals surface area contributed by atoms with Gasteiger partial charge >= 0.3 is 0 Å². The highest BCUT2D eigenvalue weighted by molar-refractivity contribution is 7.98.